The molecule has 0 spiro atoms. The van der Waals surface area contributed by atoms with Gasteiger partial charge in [0.15, 0.2) is 0 Å². The fourth-order valence-corrected chi connectivity index (χ4v) is 2.10. The van der Waals surface area contributed by atoms with Crippen molar-refractivity contribution in [1.29, 1.82) is 0 Å². The lowest BCUT2D eigenvalue weighted by atomic mass is 10.1. The van der Waals surface area contributed by atoms with Crippen LogP contribution in [0.15, 0.2) is 22.7 Å². The van der Waals surface area contributed by atoms with Gasteiger partial charge in [-0.25, -0.2) is 4.79 Å². The number of hydrogen-bond donors (Lipinski definition) is 2. The molecule has 0 aromatic heterocycles. The van der Waals surface area contributed by atoms with Crippen LogP contribution in [0.25, 0.3) is 0 Å². The van der Waals surface area contributed by atoms with Crippen LogP contribution in [-0.2, 0) is 4.79 Å². The van der Waals surface area contributed by atoms with Crippen molar-refractivity contribution in [3.63, 3.8) is 0 Å². The van der Waals surface area contributed by atoms with Gasteiger partial charge >= 0.3 is 5.97 Å². The summed E-state index contributed by atoms with van der Waals surface area (Å²) in [5.41, 5.74) is 0.357. The first kappa shape index (κ1) is 13.4. The molecule has 1 atom stereocenters. The minimum absolute atomic E-state index is 0.0531. The van der Waals surface area contributed by atoms with E-state index in [1.165, 1.54) is 6.07 Å². The summed E-state index contributed by atoms with van der Waals surface area (Å²) in [6.45, 7) is 0. The van der Waals surface area contributed by atoms with Gasteiger partial charge in [0.2, 0.25) is 0 Å². The molecule has 1 aliphatic rings. The van der Waals surface area contributed by atoms with Gasteiger partial charge in [0.1, 0.15) is 6.04 Å². The largest absolute Gasteiger partial charge is 0.480 e. The first-order valence-electron chi connectivity index (χ1n) is 5.48. The summed E-state index contributed by atoms with van der Waals surface area (Å²) in [5.74, 6) is -1.35. The van der Waals surface area contributed by atoms with E-state index in [0.29, 0.717) is 15.1 Å². The molecule has 1 aromatic carbocycles. The maximum absolute atomic E-state index is 11.9. The molecule has 0 radical (unpaired) electrons. The van der Waals surface area contributed by atoms with E-state index >= 15 is 0 Å². The highest BCUT2D eigenvalue weighted by atomic mass is 79.9. The Labute approximate surface area is 117 Å². The van der Waals surface area contributed by atoms with Gasteiger partial charge in [-0.05, 0) is 52.9 Å². The Bertz CT molecular complexity index is 502. The maximum Gasteiger partial charge on any atom is 0.326 e. The molecule has 0 bridgehead atoms. The Morgan fingerprint density at radius 2 is 2.11 bits per heavy atom. The number of aliphatic carboxylic acids is 1. The average Bonchev–Trinajstić information content (AvgIpc) is 3.13. The van der Waals surface area contributed by atoms with Gasteiger partial charge in [0.25, 0.3) is 5.91 Å². The minimum Gasteiger partial charge on any atom is -0.480 e. The van der Waals surface area contributed by atoms with Crippen molar-refractivity contribution >= 4 is 39.4 Å². The van der Waals surface area contributed by atoms with Crippen molar-refractivity contribution in [3.8, 4) is 0 Å². The molecule has 2 N–H and O–H groups in total. The summed E-state index contributed by atoms with van der Waals surface area (Å²) < 4.78 is 0.692. The van der Waals surface area contributed by atoms with Crippen molar-refractivity contribution in [2.75, 3.05) is 0 Å². The highest BCUT2D eigenvalue weighted by Crippen LogP contribution is 2.33. The molecule has 2 rings (SSSR count). The molecule has 1 saturated carbocycles. The second kappa shape index (κ2) is 5.28. The maximum atomic E-state index is 11.9. The van der Waals surface area contributed by atoms with Gasteiger partial charge in [-0.1, -0.05) is 11.6 Å². The van der Waals surface area contributed by atoms with Crippen LogP contribution >= 0.6 is 27.5 Å². The standard InChI is InChI=1S/C12H11BrClNO3/c13-8-4-3-7(5-9(8)14)11(16)15-10(12(17)18)6-1-2-6/h3-6,10H,1-2H2,(H,15,16)(H,17,18). The third-order valence-corrected chi connectivity index (χ3v) is 4.06. The van der Waals surface area contributed by atoms with E-state index in [1.54, 1.807) is 12.1 Å². The molecular weight excluding hydrogens is 321 g/mol. The van der Waals surface area contributed by atoms with Crippen molar-refractivity contribution in [3.05, 3.63) is 33.3 Å². The zero-order valence-electron chi connectivity index (χ0n) is 9.32. The Morgan fingerprint density at radius 1 is 1.44 bits per heavy atom. The number of carboxylic acids is 1. The van der Waals surface area contributed by atoms with Crippen LogP contribution < -0.4 is 5.32 Å². The molecule has 1 fully saturated rings. The van der Waals surface area contributed by atoms with Crippen LogP contribution in [0.4, 0.5) is 0 Å². The Kier molecular flexibility index (Phi) is 3.92. The van der Waals surface area contributed by atoms with Crippen LogP contribution in [0.2, 0.25) is 5.02 Å². The predicted molar refractivity (Wildman–Crippen MR) is 70.8 cm³/mol. The molecule has 1 unspecified atom stereocenters. The molecular formula is C12H11BrClNO3. The molecule has 0 heterocycles. The van der Waals surface area contributed by atoms with Crippen LogP contribution in [0.5, 0.6) is 0 Å². The van der Waals surface area contributed by atoms with Crippen molar-refractivity contribution in [2.45, 2.75) is 18.9 Å². The lowest BCUT2D eigenvalue weighted by molar-refractivity contribution is -0.139. The second-order valence-corrected chi connectivity index (χ2v) is 5.52. The van der Waals surface area contributed by atoms with Gasteiger partial charge in [0.05, 0.1) is 5.02 Å². The van der Waals surface area contributed by atoms with Gasteiger partial charge in [-0.2, -0.15) is 0 Å². The van der Waals surface area contributed by atoms with Crippen LogP contribution in [0, 0.1) is 5.92 Å². The summed E-state index contributed by atoms with van der Waals surface area (Å²) in [4.78, 5) is 22.9. The molecule has 1 aromatic rings. The second-order valence-electron chi connectivity index (χ2n) is 4.26. The summed E-state index contributed by atoms with van der Waals surface area (Å²) in [6.07, 6.45) is 1.69. The quantitative estimate of drug-likeness (QED) is 0.891. The van der Waals surface area contributed by atoms with Gasteiger partial charge in [-0.15, -0.1) is 0 Å². The third kappa shape index (κ3) is 3.03. The number of carboxylic acid groups (broad SMARTS) is 1. The summed E-state index contributed by atoms with van der Waals surface area (Å²) in [5, 5.41) is 12.0. The third-order valence-electron chi connectivity index (χ3n) is 2.83. The number of benzene rings is 1. The van der Waals surface area contributed by atoms with E-state index in [9.17, 15) is 9.59 Å². The fraction of sp³-hybridized carbons (Fsp3) is 0.333. The number of amides is 1. The van der Waals surface area contributed by atoms with Crippen molar-refractivity contribution in [2.24, 2.45) is 5.92 Å². The molecule has 4 nitrogen and oxygen atoms in total. The van der Waals surface area contributed by atoms with E-state index in [1.807, 2.05) is 0 Å². The molecule has 1 amide bonds. The number of rotatable bonds is 4. The van der Waals surface area contributed by atoms with Gasteiger partial charge in [-0.3, -0.25) is 4.79 Å². The minimum atomic E-state index is -0.992. The summed E-state index contributed by atoms with van der Waals surface area (Å²) in [7, 11) is 0. The smallest absolute Gasteiger partial charge is 0.326 e. The number of carbonyl (C=O) groups is 2. The van der Waals surface area contributed by atoms with Gasteiger partial charge in [0, 0.05) is 10.0 Å². The van der Waals surface area contributed by atoms with Crippen LogP contribution in [0.3, 0.4) is 0 Å². The van der Waals surface area contributed by atoms with Crippen LogP contribution in [-0.4, -0.2) is 23.0 Å². The lowest BCUT2D eigenvalue weighted by Gasteiger charge is -2.13. The topological polar surface area (TPSA) is 66.4 Å². The Morgan fingerprint density at radius 3 is 2.61 bits per heavy atom. The number of nitrogens with one attached hydrogen (secondary N) is 1. The SMILES string of the molecule is O=C(NC(C(=O)O)C1CC1)c1ccc(Br)c(Cl)c1. The molecule has 0 aliphatic heterocycles. The molecule has 96 valence electrons. The highest BCUT2D eigenvalue weighted by Gasteiger charge is 2.37. The van der Waals surface area contributed by atoms with E-state index in [0.717, 1.165) is 12.8 Å². The lowest BCUT2D eigenvalue weighted by Crippen LogP contribution is -2.42. The van der Waals surface area contributed by atoms with E-state index < -0.39 is 17.9 Å². The van der Waals surface area contributed by atoms with Gasteiger partial charge < -0.3 is 10.4 Å². The molecule has 1 aliphatic carbocycles. The van der Waals surface area contributed by atoms with E-state index in [2.05, 4.69) is 21.2 Å². The zero-order valence-corrected chi connectivity index (χ0v) is 11.7. The molecule has 18 heavy (non-hydrogen) atoms. The highest BCUT2D eigenvalue weighted by molar-refractivity contribution is 9.10. The number of carbonyl (C=O) groups excluding carboxylic acids is 1. The first-order valence-corrected chi connectivity index (χ1v) is 6.65. The predicted octanol–water partition coefficient (Wildman–Crippen LogP) is 2.70. The first-order chi connectivity index (χ1) is 8.49. The van der Waals surface area contributed by atoms with Crippen molar-refractivity contribution < 1.29 is 14.7 Å². The molecule has 6 heteroatoms. The van der Waals surface area contributed by atoms with Crippen molar-refractivity contribution in [1.82, 2.24) is 5.32 Å². The monoisotopic (exact) mass is 331 g/mol. The van der Waals surface area contributed by atoms with Crippen LogP contribution in [0.1, 0.15) is 23.2 Å². The van der Waals surface area contributed by atoms with E-state index in [-0.39, 0.29) is 5.92 Å². The number of halogens is 2. The number of hydrogen-bond acceptors (Lipinski definition) is 2. The summed E-state index contributed by atoms with van der Waals surface area (Å²) in [6, 6.07) is 3.95. The van der Waals surface area contributed by atoms with E-state index in [4.69, 9.17) is 16.7 Å². The normalized spacial score (nSPS) is 16.1. The fourth-order valence-electron chi connectivity index (χ4n) is 1.67. The zero-order chi connectivity index (χ0) is 13.3. The Hall–Kier alpha value is -1.07. The Balaban J connectivity index is 2.10. The molecule has 0 saturated heterocycles. The average molecular weight is 333 g/mol. The summed E-state index contributed by atoms with van der Waals surface area (Å²) >= 11 is 9.12.